The molecule has 1 N–H and O–H groups in total. The van der Waals surface area contributed by atoms with E-state index in [1.807, 2.05) is 0 Å². The highest BCUT2D eigenvalue weighted by Gasteiger charge is 2.28. The monoisotopic (exact) mass is 297 g/mol. The van der Waals surface area contributed by atoms with E-state index < -0.39 is 0 Å². The van der Waals surface area contributed by atoms with Gasteiger partial charge in [-0.3, -0.25) is 0 Å². The Kier molecular flexibility index (Phi) is 3.79. The number of benzene rings is 1. The molecule has 94 valence electrons. The Bertz CT molecular complexity index is 403. The Hall–Kier alpha value is -0.540. The summed E-state index contributed by atoms with van der Waals surface area (Å²) in [4.78, 5) is 0. The van der Waals surface area contributed by atoms with Crippen LogP contribution in [0.5, 0.6) is 0 Å². The van der Waals surface area contributed by atoms with Crippen molar-refractivity contribution in [3.05, 3.63) is 28.2 Å². The lowest BCUT2D eigenvalue weighted by molar-refractivity contribution is -0.0553. The molecule has 0 aliphatic carbocycles. The fourth-order valence-electron chi connectivity index (χ4n) is 2.32. The third kappa shape index (κ3) is 3.46. The summed E-state index contributed by atoms with van der Waals surface area (Å²) in [7, 11) is 0. The van der Waals surface area contributed by atoms with E-state index in [0.717, 1.165) is 23.9 Å². The summed E-state index contributed by atoms with van der Waals surface area (Å²) < 4.78 is 6.87. The first-order valence-electron chi connectivity index (χ1n) is 6.13. The van der Waals surface area contributed by atoms with Gasteiger partial charge in [0, 0.05) is 22.8 Å². The average Bonchev–Trinajstić information content (AvgIpc) is 2.22. The Balaban J connectivity index is 2.07. The molecule has 0 radical (unpaired) electrons. The van der Waals surface area contributed by atoms with E-state index in [4.69, 9.17) is 4.74 Å². The van der Waals surface area contributed by atoms with Crippen LogP contribution < -0.4 is 5.32 Å². The van der Waals surface area contributed by atoms with Crippen LogP contribution in [0.1, 0.15) is 32.3 Å². The highest BCUT2D eigenvalue weighted by molar-refractivity contribution is 9.10. The predicted octanol–water partition coefficient (Wildman–Crippen LogP) is 4.13. The zero-order chi connectivity index (χ0) is 12.5. The number of ether oxygens (including phenoxy) is 1. The Morgan fingerprint density at radius 2 is 2.18 bits per heavy atom. The maximum atomic E-state index is 5.74. The van der Waals surface area contributed by atoms with Crippen molar-refractivity contribution in [3.63, 3.8) is 0 Å². The largest absolute Gasteiger partial charge is 0.381 e. The number of halogens is 1. The molecule has 0 bridgehead atoms. The van der Waals surface area contributed by atoms with Crippen molar-refractivity contribution in [2.75, 3.05) is 11.9 Å². The quantitative estimate of drug-likeness (QED) is 0.886. The van der Waals surface area contributed by atoms with E-state index in [0.29, 0.717) is 6.04 Å². The van der Waals surface area contributed by atoms with Crippen LogP contribution in [0, 0.1) is 6.92 Å². The minimum absolute atomic E-state index is 0.00772. The van der Waals surface area contributed by atoms with Gasteiger partial charge >= 0.3 is 0 Å². The van der Waals surface area contributed by atoms with E-state index in [-0.39, 0.29) is 5.60 Å². The second-order valence-corrected chi connectivity index (χ2v) is 6.28. The molecule has 1 aliphatic rings. The summed E-state index contributed by atoms with van der Waals surface area (Å²) in [6.45, 7) is 7.28. The van der Waals surface area contributed by atoms with Gasteiger partial charge in [0.1, 0.15) is 0 Å². The van der Waals surface area contributed by atoms with Gasteiger partial charge in [0.15, 0.2) is 0 Å². The molecule has 1 aromatic rings. The molecule has 1 aliphatic heterocycles. The van der Waals surface area contributed by atoms with Crippen LogP contribution in [0.3, 0.4) is 0 Å². The van der Waals surface area contributed by atoms with Crippen molar-refractivity contribution in [1.82, 2.24) is 0 Å². The molecule has 1 heterocycles. The lowest BCUT2D eigenvalue weighted by Crippen LogP contribution is -2.40. The summed E-state index contributed by atoms with van der Waals surface area (Å²) in [6, 6.07) is 6.90. The van der Waals surface area contributed by atoms with E-state index in [1.54, 1.807) is 0 Å². The van der Waals surface area contributed by atoms with Crippen LogP contribution in [0.2, 0.25) is 0 Å². The minimum atomic E-state index is -0.00772. The number of nitrogens with one attached hydrogen (secondary N) is 1. The summed E-state index contributed by atoms with van der Waals surface area (Å²) in [5.41, 5.74) is 2.46. The van der Waals surface area contributed by atoms with Crippen molar-refractivity contribution in [1.29, 1.82) is 0 Å². The maximum absolute atomic E-state index is 5.74. The number of hydrogen-bond donors (Lipinski definition) is 1. The first-order chi connectivity index (χ1) is 7.96. The number of aryl methyl sites for hydroxylation is 1. The molecule has 0 spiro atoms. The summed E-state index contributed by atoms with van der Waals surface area (Å²) in [6.07, 6.45) is 2.12. The highest BCUT2D eigenvalue weighted by Crippen LogP contribution is 2.29. The molecular formula is C14H20BrNO. The molecule has 2 nitrogen and oxygen atoms in total. The van der Waals surface area contributed by atoms with Crippen LogP contribution in [-0.2, 0) is 4.74 Å². The zero-order valence-corrected chi connectivity index (χ0v) is 12.3. The highest BCUT2D eigenvalue weighted by atomic mass is 79.9. The number of anilines is 1. The molecule has 1 unspecified atom stereocenters. The summed E-state index contributed by atoms with van der Waals surface area (Å²) >= 11 is 3.59. The fraction of sp³-hybridized carbons (Fsp3) is 0.571. The molecule has 1 fully saturated rings. The SMILES string of the molecule is Cc1ccc(Br)c(NC2CCOC(C)(C)C2)c1. The molecule has 3 heteroatoms. The van der Waals surface area contributed by atoms with Gasteiger partial charge in [0.05, 0.1) is 5.60 Å². The zero-order valence-electron chi connectivity index (χ0n) is 10.7. The number of hydrogen-bond acceptors (Lipinski definition) is 2. The van der Waals surface area contributed by atoms with E-state index in [2.05, 4.69) is 60.2 Å². The predicted molar refractivity (Wildman–Crippen MR) is 75.6 cm³/mol. The van der Waals surface area contributed by atoms with Crippen molar-refractivity contribution in [3.8, 4) is 0 Å². The Morgan fingerprint density at radius 3 is 2.88 bits per heavy atom. The molecule has 17 heavy (non-hydrogen) atoms. The third-order valence-electron chi connectivity index (χ3n) is 3.18. The molecular weight excluding hydrogens is 278 g/mol. The average molecular weight is 298 g/mol. The van der Waals surface area contributed by atoms with E-state index in [9.17, 15) is 0 Å². The van der Waals surface area contributed by atoms with Gasteiger partial charge in [-0.15, -0.1) is 0 Å². The molecule has 1 saturated heterocycles. The van der Waals surface area contributed by atoms with Gasteiger partial charge in [-0.25, -0.2) is 0 Å². The van der Waals surface area contributed by atoms with Crippen LogP contribution in [0.4, 0.5) is 5.69 Å². The van der Waals surface area contributed by atoms with Gasteiger partial charge in [-0.2, -0.15) is 0 Å². The van der Waals surface area contributed by atoms with Crippen molar-refractivity contribution in [2.24, 2.45) is 0 Å². The topological polar surface area (TPSA) is 21.3 Å². The molecule has 1 atom stereocenters. The van der Waals surface area contributed by atoms with Crippen LogP contribution in [0.15, 0.2) is 22.7 Å². The Labute approximate surface area is 112 Å². The van der Waals surface area contributed by atoms with Gasteiger partial charge in [0.25, 0.3) is 0 Å². The molecule has 0 saturated carbocycles. The van der Waals surface area contributed by atoms with Crippen molar-refractivity contribution >= 4 is 21.6 Å². The van der Waals surface area contributed by atoms with Crippen LogP contribution in [-0.4, -0.2) is 18.2 Å². The summed E-state index contributed by atoms with van der Waals surface area (Å²) in [5, 5.41) is 3.62. The van der Waals surface area contributed by atoms with Crippen molar-refractivity contribution in [2.45, 2.75) is 45.3 Å². The fourth-order valence-corrected chi connectivity index (χ4v) is 2.69. The summed E-state index contributed by atoms with van der Waals surface area (Å²) in [5.74, 6) is 0. The van der Waals surface area contributed by atoms with Gasteiger partial charge in [0.2, 0.25) is 0 Å². The second kappa shape index (κ2) is 4.99. The maximum Gasteiger partial charge on any atom is 0.0646 e. The third-order valence-corrected chi connectivity index (χ3v) is 3.87. The lowest BCUT2D eigenvalue weighted by Gasteiger charge is -2.36. The van der Waals surface area contributed by atoms with Crippen LogP contribution >= 0.6 is 15.9 Å². The van der Waals surface area contributed by atoms with Crippen LogP contribution in [0.25, 0.3) is 0 Å². The molecule has 0 amide bonds. The standard InChI is InChI=1S/C14H20BrNO/c1-10-4-5-12(15)13(8-10)16-11-6-7-17-14(2,3)9-11/h4-5,8,11,16H,6-7,9H2,1-3H3. The van der Waals surface area contributed by atoms with Gasteiger partial charge in [-0.05, 0) is 67.2 Å². The Morgan fingerprint density at radius 1 is 1.41 bits per heavy atom. The molecule has 2 rings (SSSR count). The first-order valence-corrected chi connectivity index (χ1v) is 6.92. The smallest absolute Gasteiger partial charge is 0.0646 e. The minimum Gasteiger partial charge on any atom is -0.381 e. The van der Waals surface area contributed by atoms with E-state index in [1.165, 1.54) is 11.3 Å². The normalized spacial score (nSPS) is 23.4. The second-order valence-electron chi connectivity index (χ2n) is 5.43. The number of rotatable bonds is 2. The molecule has 1 aromatic carbocycles. The van der Waals surface area contributed by atoms with E-state index >= 15 is 0 Å². The van der Waals surface area contributed by atoms with Gasteiger partial charge < -0.3 is 10.1 Å². The van der Waals surface area contributed by atoms with Crippen molar-refractivity contribution < 1.29 is 4.74 Å². The van der Waals surface area contributed by atoms with Gasteiger partial charge in [-0.1, -0.05) is 6.07 Å². The first kappa shape index (κ1) is 12.9. The lowest BCUT2D eigenvalue weighted by atomic mass is 9.94. The molecule has 0 aromatic heterocycles.